The summed E-state index contributed by atoms with van der Waals surface area (Å²) in [7, 11) is 1.83. The van der Waals surface area contributed by atoms with Crippen molar-refractivity contribution in [2.75, 3.05) is 18.9 Å². The van der Waals surface area contributed by atoms with Gasteiger partial charge in [-0.2, -0.15) is 0 Å². The zero-order valence-corrected chi connectivity index (χ0v) is 13.8. The van der Waals surface area contributed by atoms with E-state index in [1.807, 2.05) is 31.3 Å². The van der Waals surface area contributed by atoms with Gasteiger partial charge in [-0.15, -0.1) is 0 Å². The van der Waals surface area contributed by atoms with E-state index in [1.165, 1.54) is 5.56 Å². The second-order valence-corrected chi connectivity index (χ2v) is 6.10. The van der Waals surface area contributed by atoms with Gasteiger partial charge in [0.1, 0.15) is 0 Å². The topological polar surface area (TPSA) is 49.4 Å². The van der Waals surface area contributed by atoms with Crippen molar-refractivity contribution in [3.8, 4) is 0 Å². The number of aryl methyl sites for hydroxylation is 1. The van der Waals surface area contributed by atoms with Crippen LogP contribution in [-0.4, -0.2) is 30.3 Å². The van der Waals surface area contributed by atoms with Crippen LogP contribution in [0.15, 0.2) is 24.3 Å². The summed E-state index contributed by atoms with van der Waals surface area (Å²) in [5.74, 6) is -0.222. The second-order valence-electron chi connectivity index (χ2n) is 6.10. The average Bonchev–Trinajstić information content (AvgIpc) is 3.33. The van der Waals surface area contributed by atoms with Gasteiger partial charge in [0.15, 0.2) is 0 Å². The first-order valence-corrected chi connectivity index (χ1v) is 8.21. The van der Waals surface area contributed by atoms with Crippen molar-refractivity contribution in [1.82, 2.24) is 4.90 Å². The minimum atomic E-state index is -0.164. The van der Waals surface area contributed by atoms with Crippen molar-refractivity contribution < 1.29 is 9.59 Å². The molecule has 1 saturated carbocycles. The van der Waals surface area contributed by atoms with Crippen LogP contribution < -0.4 is 5.32 Å². The molecule has 4 nitrogen and oxygen atoms in total. The summed E-state index contributed by atoms with van der Waals surface area (Å²) >= 11 is 0. The Balaban J connectivity index is 1.83. The molecule has 1 aromatic rings. The first-order valence-electron chi connectivity index (χ1n) is 8.21. The molecule has 0 radical (unpaired) electrons. The van der Waals surface area contributed by atoms with Crippen molar-refractivity contribution in [1.29, 1.82) is 0 Å². The van der Waals surface area contributed by atoms with E-state index >= 15 is 0 Å². The fraction of sp³-hybridized carbons (Fsp3) is 0.556. The third-order valence-corrected chi connectivity index (χ3v) is 4.30. The van der Waals surface area contributed by atoms with Crippen LogP contribution in [0.1, 0.15) is 38.7 Å². The van der Waals surface area contributed by atoms with Crippen LogP contribution in [0.4, 0.5) is 5.69 Å². The molecule has 22 heavy (non-hydrogen) atoms. The van der Waals surface area contributed by atoms with Crippen molar-refractivity contribution in [2.24, 2.45) is 11.8 Å². The van der Waals surface area contributed by atoms with Crippen molar-refractivity contribution >= 4 is 17.5 Å². The van der Waals surface area contributed by atoms with E-state index in [2.05, 4.69) is 19.2 Å². The number of anilines is 1. The van der Waals surface area contributed by atoms with Gasteiger partial charge in [0.2, 0.25) is 11.8 Å². The lowest BCUT2D eigenvalue weighted by Crippen LogP contribution is -2.30. The van der Waals surface area contributed by atoms with E-state index in [-0.39, 0.29) is 23.7 Å². The Hall–Kier alpha value is -1.84. The zero-order chi connectivity index (χ0) is 16.1. The Kier molecular flexibility index (Phi) is 5.58. The van der Waals surface area contributed by atoms with E-state index in [0.717, 1.165) is 31.5 Å². The predicted octanol–water partition coefficient (Wildman–Crippen LogP) is 3.08. The molecular weight excluding hydrogens is 276 g/mol. The smallest absolute Gasteiger partial charge is 0.228 e. The SMILES string of the molecule is CCCCN(C)C(=O)C1CC1C(=O)Nc1ccc(CC)cc1. The Morgan fingerprint density at radius 3 is 2.45 bits per heavy atom. The fourth-order valence-electron chi connectivity index (χ4n) is 2.60. The molecule has 1 aliphatic carbocycles. The normalized spacial score (nSPS) is 19.6. The molecule has 0 bridgehead atoms. The van der Waals surface area contributed by atoms with Crippen LogP contribution in [0, 0.1) is 11.8 Å². The summed E-state index contributed by atoms with van der Waals surface area (Å²) < 4.78 is 0. The van der Waals surface area contributed by atoms with Crippen LogP contribution in [0.3, 0.4) is 0 Å². The van der Waals surface area contributed by atoms with E-state index in [9.17, 15) is 9.59 Å². The van der Waals surface area contributed by atoms with Crippen LogP contribution in [0.25, 0.3) is 0 Å². The first-order chi connectivity index (χ1) is 10.6. The molecule has 0 saturated heterocycles. The van der Waals surface area contributed by atoms with Gasteiger partial charge < -0.3 is 10.2 Å². The van der Waals surface area contributed by atoms with Gasteiger partial charge in [0, 0.05) is 19.3 Å². The minimum Gasteiger partial charge on any atom is -0.346 e. The summed E-state index contributed by atoms with van der Waals surface area (Å²) in [6, 6.07) is 7.87. The Morgan fingerprint density at radius 1 is 1.18 bits per heavy atom. The number of amides is 2. The lowest BCUT2D eigenvalue weighted by molar-refractivity contribution is -0.132. The summed E-state index contributed by atoms with van der Waals surface area (Å²) in [6.07, 6.45) is 3.74. The Labute approximate surface area is 132 Å². The predicted molar refractivity (Wildman–Crippen MR) is 88.6 cm³/mol. The van der Waals surface area contributed by atoms with Gasteiger partial charge >= 0.3 is 0 Å². The number of benzene rings is 1. The number of unbranched alkanes of at least 4 members (excludes halogenated alkanes) is 1. The number of hydrogen-bond donors (Lipinski definition) is 1. The summed E-state index contributed by atoms with van der Waals surface area (Å²) in [6.45, 7) is 4.98. The van der Waals surface area contributed by atoms with Gasteiger partial charge in [-0.05, 0) is 37.0 Å². The lowest BCUT2D eigenvalue weighted by Gasteiger charge is -2.16. The molecule has 0 aromatic heterocycles. The van der Waals surface area contributed by atoms with E-state index in [0.29, 0.717) is 6.42 Å². The molecule has 2 atom stereocenters. The van der Waals surface area contributed by atoms with Crippen LogP contribution in [0.5, 0.6) is 0 Å². The lowest BCUT2D eigenvalue weighted by atomic mass is 10.1. The summed E-state index contributed by atoms with van der Waals surface area (Å²) in [4.78, 5) is 26.2. The third-order valence-electron chi connectivity index (χ3n) is 4.30. The van der Waals surface area contributed by atoms with Crippen molar-refractivity contribution in [2.45, 2.75) is 39.5 Å². The van der Waals surface area contributed by atoms with E-state index < -0.39 is 0 Å². The fourth-order valence-corrected chi connectivity index (χ4v) is 2.60. The molecule has 2 amide bonds. The highest BCUT2D eigenvalue weighted by Crippen LogP contribution is 2.40. The third kappa shape index (κ3) is 4.09. The zero-order valence-electron chi connectivity index (χ0n) is 13.8. The Morgan fingerprint density at radius 2 is 1.86 bits per heavy atom. The molecule has 1 aromatic carbocycles. The second kappa shape index (κ2) is 7.43. The standard InChI is InChI=1S/C18H26N2O2/c1-4-6-11-20(3)18(22)16-12-15(16)17(21)19-14-9-7-13(5-2)8-10-14/h7-10,15-16H,4-6,11-12H2,1-3H3,(H,19,21). The molecule has 4 heteroatoms. The molecule has 0 spiro atoms. The van der Waals surface area contributed by atoms with Gasteiger partial charge in [0.25, 0.3) is 0 Å². The molecule has 2 unspecified atom stereocenters. The maximum absolute atomic E-state index is 12.2. The summed E-state index contributed by atoms with van der Waals surface area (Å²) in [5.41, 5.74) is 2.05. The molecule has 1 N–H and O–H groups in total. The Bertz CT molecular complexity index is 524. The molecule has 120 valence electrons. The van der Waals surface area contributed by atoms with E-state index in [4.69, 9.17) is 0 Å². The first kappa shape index (κ1) is 16.5. The quantitative estimate of drug-likeness (QED) is 0.841. The number of nitrogens with zero attached hydrogens (tertiary/aromatic N) is 1. The summed E-state index contributed by atoms with van der Waals surface area (Å²) in [5, 5.41) is 2.91. The highest BCUT2D eigenvalue weighted by molar-refractivity contribution is 5.99. The highest BCUT2D eigenvalue weighted by Gasteiger charge is 2.48. The molecule has 1 aliphatic rings. The number of nitrogens with one attached hydrogen (secondary N) is 1. The monoisotopic (exact) mass is 302 g/mol. The van der Waals surface area contributed by atoms with Crippen molar-refractivity contribution in [3.63, 3.8) is 0 Å². The van der Waals surface area contributed by atoms with Crippen LogP contribution >= 0.6 is 0 Å². The molecule has 0 aliphatic heterocycles. The van der Waals surface area contributed by atoms with Crippen molar-refractivity contribution in [3.05, 3.63) is 29.8 Å². The molecule has 0 heterocycles. The molecule has 1 fully saturated rings. The molecule has 2 rings (SSSR count). The minimum absolute atomic E-state index is 0.0357. The van der Waals surface area contributed by atoms with E-state index in [1.54, 1.807) is 4.90 Å². The largest absolute Gasteiger partial charge is 0.346 e. The number of carbonyl (C=O) groups excluding carboxylic acids is 2. The van der Waals surface area contributed by atoms with Crippen LogP contribution in [-0.2, 0) is 16.0 Å². The van der Waals surface area contributed by atoms with Gasteiger partial charge in [0.05, 0.1) is 11.8 Å². The maximum atomic E-state index is 12.2. The van der Waals surface area contributed by atoms with Crippen LogP contribution in [0.2, 0.25) is 0 Å². The van der Waals surface area contributed by atoms with Gasteiger partial charge in [-0.1, -0.05) is 32.4 Å². The maximum Gasteiger partial charge on any atom is 0.228 e. The highest BCUT2D eigenvalue weighted by atomic mass is 16.2. The number of carbonyl (C=O) groups is 2. The molecular formula is C18H26N2O2. The average molecular weight is 302 g/mol. The van der Waals surface area contributed by atoms with Gasteiger partial charge in [-0.25, -0.2) is 0 Å². The number of hydrogen-bond acceptors (Lipinski definition) is 2. The number of rotatable bonds is 7. The van der Waals surface area contributed by atoms with Gasteiger partial charge in [-0.3, -0.25) is 9.59 Å².